The van der Waals surface area contributed by atoms with E-state index in [1.54, 1.807) is 18.2 Å². The molecule has 0 saturated carbocycles. The van der Waals surface area contributed by atoms with Gasteiger partial charge < -0.3 is 15.2 Å². The van der Waals surface area contributed by atoms with Crippen molar-refractivity contribution in [1.29, 1.82) is 0 Å². The number of esters is 1. The summed E-state index contributed by atoms with van der Waals surface area (Å²) in [5, 5.41) is 12.2. The normalized spacial score (nSPS) is 13.8. The number of aromatic hydroxyl groups is 1. The topological polar surface area (TPSA) is 58.6 Å². The zero-order valence-corrected chi connectivity index (χ0v) is 13.9. The summed E-state index contributed by atoms with van der Waals surface area (Å²) in [6.07, 6.45) is -4.99. The van der Waals surface area contributed by atoms with Crippen LogP contribution in [0.2, 0.25) is 0 Å². The van der Waals surface area contributed by atoms with E-state index in [9.17, 15) is 23.1 Å². The van der Waals surface area contributed by atoms with Gasteiger partial charge in [0.1, 0.15) is 5.75 Å². The van der Waals surface area contributed by atoms with E-state index in [4.69, 9.17) is 0 Å². The van der Waals surface area contributed by atoms with Crippen molar-refractivity contribution in [1.82, 2.24) is 0 Å². The first kappa shape index (κ1) is 18.6. The summed E-state index contributed by atoms with van der Waals surface area (Å²) < 4.78 is 46.9. The largest absolute Gasteiger partial charge is 0.507 e. The molecule has 0 aliphatic rings. The Bertz CT molecular complexity index is 752. The van der Waals surface area contributed by atoms with Crippen LogP contribution in [-0.4, -0.2) is 24.4 Å². The number of alkyl halides is 3. The van der Waals surface area contributed by atoms with Gasteiger partial charge in [0, 0.05) is 5.69 Å². The Hall–Kier alpha value is -2.70. The molecule has 2 N–H and O–H groups in total. The fraction of sp³-hybridized carbons (Fsp3) is 0.278. The molecule has 2 rings (SSSR count). The highest BCUT2D eigenvalue weighted by Crippen LogP contribution is 2.44. The number of carbonyl (C=O) groups excluding carboxylic acids is 1. The highest BCUT2D eigenvalue weighted by Gasteiger charge is 2.63. The monoisotopic (exact) mass is 353 g/mol. The van der Waals surface area contributed by atoms with Gasteiger partial charge in [0.2, 0.25) is 0 Å². The van der Waals surface area contributed by atoms with Crippen LogP contribution in [0, 0.1) is 13.8 Å². The van der Waals surface area contributed by atoms with Crippen molar-refractivity contribution >= 4 is 11.7 Å². The standard InChI is InChI=1S/C18H18F3NO3/c1-11-9-13(10-12(2)15(11)23)17(16(24)25-3,18(19,20)21)22-14-7-5-4-6-8-14/h4-10,22-23H,1-3H3/t17-/m1/s1. The molecular formula is C18H18F3NO3. The number of anilines is 1. The molecule has 0 radical (unpaired) electrons. The average molecular weight is 353 g/mol. The second kappa shape index (κ2) is 6.66. The van der Waals surface area contributed by atoms with Gasteiger partial charge in [0.25, 0.3) is 5.54 Å². The van der Waals surface area contributed by atoms with Crippen LogP contribution in [-0.2, 0) is 15.1 Å². The Kier molecular flexibility index (Phi) is 4.97. The van der Waals surface area contributed by atoms with E-state index in [0.717, 1.165) is 19.2 Å². The van der Waals surface area contributed by atoms with Crippen LogP contribution < -0.4 is 5.32 Å². The van der Waals surface area contributed by atoms with Gasteiger partial charge in [-0.25, -0.2) is 4.79 Å². The summed E-state index contributed by atoms with van der Waals surface area (Å²) in [5.74, 6) is -1.61. The fourth-order valence-electron chi connectivity index (χ4n) is 2.65. The van der Waals surface area contributed by atoms with Gasteiger partial charge in [-0.15, -0.1) is 0 Å². The molecule has 0 bridgehead atoms. The predicted octanol–water partition coefficient (Wildman–Crippen LogP) is 4.05. The number of para-hydroxylation sites is 1. The van der Waals surface area contributed by atoms with Crippen LogP contribution in [0.1, 0.15) is 16.7 Å². The molecule has 25 heavy (non-hydrogen) atoms. The van der Waals surface area contributed by atoms with E-state index in [1.807, 2.05) is 0 Å². The number of benzene rings is 2. The van der Waals surface area contributed by atoms with Gasteiger partial charge in [-0.05, 0) is 54.8 Å². The molecule has 0 fully saturated rings. The van der Waals surface area contributed by atoms with E-state index >= 15 is 0 Å². The molecule has 0 aromatic heterocycles. The number of aryl methyl sites for hydroxylation is 2. The van der Waals surface area contributed by atoms with E-state index in [-0.39, 0.29) is 28.1 Å². The summed E-state index contributed by atoms with van der Waals surface area (Å²) in [7, 11) is 0.898. The molecule has 4 nitrogen and oxygen atoms in total. The maximum Gasteiger partial charge on any atom is 0.426 e. The molecule has 0 spiro atoms. The summed E-state index contributed by atoms with van der Waals surface area (Å²) in [6.45, 7) is 2.93. The van der Waals surface area contributed by atoms with Gasteiger partial charge >= 0.3 is 12.1 Å². The lowest BCUT2D eigenvalue weighted by Crippen LogP contribution is -2.55. The molecule has 0 saturated heterocycles. The molecule has 2 aromatic carbocycles. The van der Waals surface area contributed by atoms with Crippen molar-refractivity contribution in [2.45, 2.75) is 25.6 Å². The Morgan fingerprint density at radius 3 is 2.04 bits per heavy atom. The molecule has 0 unspecified atom stereocenters. The summed E-state index contributed by atoms with van der Waals surface area (Å²) in [6, 6.07) is 9.84. The van der Waals surface area contributed by atoms with Crippen LogP contribution in [0.15, 0.2) is 42.5 Å². The van der Waals surface area contributed by atoms with Crippen molar-refractivity contribution in [2.75, 3.05) is 12.4 Å². The first-order chi connectivity index (χ1) is 11.6. The number of carbonyl (C=O) groups is 1. The van der Waals surface area contributed by atoms with E-state index in [2.05, 4.69) is 10.1 Å². The lowest BCUT2D eigenvalue weighted by Gasteiger charge is -2.35. The number of hydrogen-bond acceptors (Lipinski definition) is 4. The second-order valence-electron chi connectivity index (χ2n) is 5.69. The van der Waals surface area contributed by atoms with Crippen LogP contribution in [0.5, 0.6) is 5.75 Å². The van der Waals surface area contributed by atoms with E-state index in [1.165, 1.54) is 26.0 Å². The highest BCUT2D eigenvalue weighted by molar-refractivity contribution is 5.87. The number of ether oxygens (including phenoxy) is 1. The lowest BCUT2D eigenvalue weighted by molar-refractivity contribution is -0.201. The zero-order valence-electron chi connectivity index (χ0n) is 13.9. The van der Waals surface area contributed by atoms with Crippen LogP contribution in [0.25, 0.3) is 0 Å². The van der Waals surface area contributed by atoms with Crippen LogP contribution >= 0.6 is 0 Å². The maximum absolute atomic E-state index is 14.1. The molecule has 1 atom stereocenters. The number of phenols is 1. The van der Waals surface area contributed by atoms with Crippen molar-refractivity contribution in [3.05, 3.63) is 59.2 Å². The first-order valence-electron chi connectivity index (χ1n) is 7.42. The van der Waals surface area contributed by atoms with E-state index < -0.39 is 17.7 Å². The smallest absolute Gasteiger partial charge is 0.426 e. The number of phenolic OH excluding ortho intramolecular Hbond substituents is 1. The molecule has 0 aliphatic carbocycles. The zero-order chi connectivity index (χ0) is 18.8. The SMILES string of the molecule is COC(=O)[C@](Nc1ccccc1)(c1cc(C)c(O)c(C)c1)C(F)(F)F. The average Bonchev–Trinajstić information content (AvgIpc) is 2.56. The third kappa shape index (κ3) is 3.26. The maximum atomic E-state index is 14.1. The Morgan fingerprint density at radius 1 is 1.08 bits per heavy atom. The van der Waals surface area contributed by atoms with Gasteiger partial charge in [0.05, 0.1) is 7.11 Å². The second-order valence-corrected chi connectivity index (χ2v) is 5.69. The number of methoxy groups -OCH3 is 1. The van der Waals surface area contributed by atoms with Gasteiger partial charge in [-0.2, -0.15) is 13.2 Å². The number of hydrogen-bond donors (Lipinski definition) is 2. The summed E-state index contributed by atoms with van der Waals surface area (Å²) in [4.78, 5) is 12.3. The third-order valence-corrected chi connectivity index (χ3v) is 3.95. The van der Waals surface area contributed by atoms with Crippen molar-refractivity contribution in [3.63, 3.8) is 0 Å². The van der Waals surface area contributed by atoms with Crippen LogP contribution in [0.3, 0.4) is 0 Å². The Morgan fingerprint density at radius 2 is 1.60 bits per heavy atom. The first-order valence-corrected chi connectivity index (χ1v) is 7.42. The highest BCUT2D eigenvalue weighted by atomic mass is 19.4. The molecule has 0 aliphatic heterocycles. The molecule has 0 amide bonds. The minimum absolute atomic E-state index is 0.105. The Labute approximate surface area is 143 Å². The lowest BCUT2D eigenvalue weighted by atomic mass is 9.86. The fourth-order valence-corrected chi connectivity index (χ4v) is 2.65. The number of rotatable bonds is 4. The minimum Gasteiger partial charge on any atom is -0.507 e. The predicted molar refractivity (Wildman–Crippen MR) is 87.4 cm³/mol. The van der Waals surface area contributed by atoms with Crippen LogP contribution in [0.4, 0.5) is 18.9 Å². The minimum atomic E-state index is -4.99. The van der Waals surface area contributed by atoms with Crippen molar-refractivity contribution in [2.24, 2.45) is 0 Å². The van der Waals surface area contributed by atoms with Gasteiger partial charge in [0.15, 0.2) is 0 Å². The van der Waals surface area contributed by atoms with Gasteiger partial charge in [-0.1, -0.05) is 18.2 Å². The van der Waals surface area contributed by atoms with Crippen molar-refractivity contribution < 1.29 is 27.8 Å². The molecule has 2 aromatic rings. The summed E-state index contributed by atoms with van der Waals surface area (Å²) in [5.41, 5.74) is -2.91. The van der Waals surface area contributed by atoms with Gasteiger partial charge in [-0.3, -0.25) is 0 Å². The Balaban J connectivity index is 2.76. The molecule has 134 valence electrons. The molecule has 0 heterocycles. The number of halogens is 3. The summed E-state index contributed by atoms with van der Waals surface area (Å²) >= 11 is 0. The third-order valence-electron chi connectivity index (χ3n) is 3.95. The quantitative estimate of drug-likeness (QED) is 0.814. The van der Waals surface area contributed by atoms with Crippen molar-refractivity contribution in [3.8, 4) is 5.75 Å². The van der Waals surface area contributed by atoms with E-state index in [0.29, 0.717) is 0 Å². The molecular weight excluding hydrogens is 335 g/mol. The number of nitrogens with one attached hydrogen (secondary N) is 1. The molecule has 7 heteroatoms.